The normalized spacial score (nSPS) is 16.6. The maximum atomic E-state index is 9.55. The second kappa shape index (κ2) is 6.10. The van der Waals surface area contributed by atoms with Gasteiger partial charge in [-0.3, -0.25) is 0 Å². The van der Waals surface area contributed by atoms with Crippen LogP contribution in [-0.2, 0) is 0 Å². The van der Waals surface area contributed by atoms with Gasteiger partial charge in [0, 0.05) is 6.04 Å². The van der Waals surface area contributed by atoms with Crippen LogP contribution in [0.4, 0.5) is 0 Å². The molecule has 1 saturated carbocycles. The lowest BCUT2D eigenvalue weighted by atomic mass is 10.1. The van der Waals surface area contributed by atoms with E-state index in [-0.39, 0.29) is 5.75 Å². The van der Waals surface area contributed by atoms with E-state index in [4.69, 9.17) is 4.74 Å². The zero-order valence-electron chi connectivity index (χ0n) is 11.3. The summed E-state index contributed by atoms with van der Waals surface area (Å²) in [6.07, 6.45) is 5.48. The van der Waals surface area contributed by atoms with Gasteiger partial charge >= 0.3 is 0 Å². The number of ether oxygens (including phenoxy) is 1. The van der Waals surface area contributed by atoms with Gasteiger partial charge in [0.05, 0.1) is 7.11 Å². The molecule has 1 aliphatic rings. The minimum absolute atomic E-state index is 0.196. The molecular formula is C15H23NO2. The molecule has 0 spiro atoms. The van der Waals surface area contributed by atoms with Crippen LogP contribution in [0.1, 0.15) is 44.2 Å². The summed E-state index contributed by atoms with van der Waals surface area (Å²) in [6, 6.07) is 5.82. The molecule has 100 valence electrons. The number of hydrogen-bond acceptors (Lipinski definition) is 3. The topological polar surface area (TPSA) is 41.5 Å². The quantitative estimate of drug-likeness (QED) is 0.729. The fourth-order valence-corrected chi connectivity index (χ4v) is 2.20. The molecule has 2 N–H and O–H groups in total. The molecule has 0 saturated heterocycles. The van der Waals surface area contributed by atoms with E-state index in [0.29, 0.717) is 11.8 Å². The highest BCUT2D eigenvalue weighted by molar-refractivity contribution is 5.42. The van der Waals surface area contributed by atoms with Gasteiger partial charge in [-0.1, -0.05) is 18.9 Å². The molecule has 1 aliphatic carbocycles. The Hall–Kier alpha value is -1.22. The Kier molecular flexibility index (Phi) is 4.48. The Morgan fingerprint density at radius 3 is 2.89 bits per heavy atom. The zero-order valence-corrected chi connectivity index (χ0v) is 11.3. The van der Waals surface area contributed by atoms with E-state index in [1.807, 2.05) is 12.1 Å². The highest BCUT2D eigenvalue weighted by Crippen LogP contribution is 2.33. The Labute approximate surface area is 109 Å². The molecule has 0 amide bonds. The third kappa shape index (κ3) is 3.64. The van der Waals surface area contributed by atoms with Gasteiger partial charge < -0.3 is 15.2 Å². The van der Waals surface area contributed by atoms with Crippen LogP contribution in [0.5, 0.6) is 11.5 Å². The van der Waals surface area contributed by atoms with Crippen LogP contribution in [-0.4, -0.2) is 18.8 Å². The van der Waals surface area contributed by atoms with E-state index < -0.39 is 0 Å². The van der Waals surface area contributed by atoms with Gasteiger partial charge in [-0.2, -0.15) is 0 Å². The van der Waals surface area contributed by atoms with Gasteiger partial charge in [0.2, 0.25) is 0 Å². The Bertz CT molecular complexity index is 388. The van der Waals surface area contributed by atoms with Crippen molar-refractivity contribution in [1.82, 2.24) is 5.32 Å². The average molecular weight is 249 g/mol. The summed E-state index contributed by atoms with van der Waals surface area (Å²) < 4.78 is 5.12. The van der Waals surface area contributed by atoms with Crippen LogP contribution in [0.2, 0.25) is 0 Å². The Morgan fingerprint density at radius 1 is 1.44 bits per heavy atom. The highest BCUT2D eigenvalue weighted by Gasteiger charge is 2.20. The molecule has 3 heteroatoms. The predicted octanol–water partition coefficient (Wildman–Crippen LogP) is 3.24. The molecule has 1 fully saturated rings. The largest absolute Gasteiger partial charge is 0.504 e. The Balaban J connectivity index is 1.81. The first-order chi connectivity index (χ1) is 8.70. The van der Waals surface area contributed by atoms with Gasteiger partial charge in [0.15, 0.2) is 11.5 Å². The number of rotatable bonds is 7. The van der Waals surface area contributed by atoms with Gasteiger partial charge in [-0.25, -0.2) is 0 Å². The predicted molar refractivity (Wildman–Crippen MR) is 73.0 cm³/mol. The lowest BCUT2D eigenvalue weighted by Crippen LogP contribution is -2.19. The molecule has 0 radical (unpaired) electrons. The summed E-state index contributed by atoms with van der Waals surface area (Å²) >= 11 is 0. The van der Waals surface area contributed by atoms with Crippen molar-refractivity contribution in [1.29, 1.82) is 0 Å². The molecule has 1 unspecified atom stereocenters. The molecule has 0 heterocycles. The third-order valence-corrected chi connectivity index (χ3v) is 3.64. The molecule has 2 rings (SSSR count). The average Bonchev–Trinajstić information content (AvgIpc) is 3.19. The zero-order chi connectivity index (χ0) is 13.0. The van der Waals surface area contributed by atoms with E-state index >= 15 is 0 Å². The number of methoxy groups -OCH3 is 1. The molecule has 1 aromatic rings. The smallest absolute Gasteiger partial charge is 0.160 e. The van der Waals surface area contributed by atoms with Crippen molar-refractivity contribution in [2.24, 2.45) is 5.92 Å². The van der Waals surface area contributed by atoms with Gasteiger partial charge in [0.25, 0.3) is 0 Å². The number of hydrogen-bond donors (Lipinski definition) is 2. The number of aromatic hydroxyl groups is 1. The Morgan fingerprint density at radius 2 is 2.22 bits per heavy atom. The minimum atomic E-state index is 0.196. The maximum Gasteiger partial charge on any atom is 0.160 e. The second-order valence-electron chi connectivity index (χ2n) is 5.19. The van der Waals surface area contributed by atoms with Gasteiger partial charge in [-0.05, 0) is 49.9 Å². The number of benzene rings is 1. The van der Waals surface area contributed by atoms with Crippen molar-refractivity contribution in [3.63, 3.8) is 0 Å². The van der Waals surface area contributed by atoms with Crippen LogP contribution >= 0.6 is 0 Å². The summed E-state index contributed by atoms with van der Waals surface area (Å²) in [5.41, 5.74) is 1.15. The molecule has 18 heavy (non-hydrogen) atoms. The molecule has 0 aromatic heterocycles. The monoisotopic (exact) mass is 249 g/mol. The third-order valence-electron chi connectivity index (χ3n) is 3.64. The van der Waals surface area contributed by atoms with E-state index in [1.54, 1.807) is 13.2 Å². The van der Waals surface area contributed by atoms with E-state index in [1.165, 1.54) is 25.7 Å². The molecule has 1 atom stereocenters. The molecule has 1 aromatic carbocycles. The van der Waals surface area contributed by atoms with Crippen LogP contribution in [0, 0.1) is 5.92 Å². The summed E-state index contributed by atoms with van der Waals surface area (Å²) in [7, 11) is 1.58. The highest BCUT2D eigenvalue weighted by atomic mass is 16.5. The first kappa shape index (κ1) is 13.2. The SMILES string of the molecule is COc1cc(C(C)NCCCC2CC2)ccc1O. The van der Waals surface area contributed by atoms with Gasteiger partial charge in [-0.15, -0.1) is 0 Å². The lowest BCUT2D eigenvalue weighted by Gasteiger charge is -2.15. The number of nitrogens with one attached hydrogen (secondary N) is 1. The second-order valence-corrected chi connectivity index (χ2v) is 5.19. The van der Waals surface area contributed by atoms with Crippen molar-refractivity contribution in [2.75, 3.05) is 13.7 Å². The molecular weight excluding hydrogens is 226 g/mol. The maximum absolute atomic E-state index is 9.55. The van der Waals surface area contributed by atoms with Crippen LogP contribution in [0.25, 0.3) is 0 Å². The van der Waals surface area contributed by atoms with Crippen molar-refractivity contribution in [3.8, 4) is 11.5 Å². The van der Waals surface area contributed by atoms with Crippen LogP contribution in [0.15, 0.2) is 18.2 Å². The van der Waals surface area contributed by atoms with Crippen molar-refractivity contribution in [2.45, 2.75) is 38.6 Å². The number of phenolic OH excluding ortho intramolecular Hbond substituents is 1. The van der Waals surface area contributed by atoms with Crippen molar-refractivity contribution < 1.29 is 9.84 Å². The summed E-state index contributed by atoms with van der Waals surface area (Å²) in [5, 5.41) is 13.1. The van der Waals surface area contributed by atoms with E-state index in [2.05, 4.69) is 12.2 Å². The fraction of sp³-hybridized carbons (Fsp3) is 0.600. The van der Waals surface area contributed by atoms with Gasteiger partial charge in [0.1, 0.15) is 0 Å². The standard InChI is InChI=1S/C15H23NO2/c1-11(16-9-3-4-12-5-6-12)13-7-8-14(17)15(10-13)18-2/h7-8,10-12,16-17H,3-6,9H2,1-2H3. The minimum Gasteiger partial charge on any atom is -0.504 e. The fourth-order valence-electron chi connectivity index (χ4n) is 2.20. The molecule has 3 nitrogen and oxygen atoms in total. The molecule has 0 bridgehead atoms. The first-order valence-corrected chi connectivity index (χ1v) is 6.81. The summed E-state index contributed by atoms with van der Waals surface area (Å²) in [4.78, 5) is 0. The van der Waals surface area contributed by atoms with E-state index in [0.717, 1.165) is 18.0 Å². The molecule has 0 aliphatic heterocycles. The summed E-state index contributed by atoms with van der Waals surface area (Å²) in [6.45, 7) is 3.20. The lowest BCUT2D eigenvalue weighted by molar-refractivity contribution is 0.372. The van der Waals surface area contributed by atoms with E-state index in [9.17, 15) is 5.11 Å². The summed E-state index contributed by atoms with van der Waals surface area (Å²) in [5.74, 6) is 1.75. The van der Waals surface area contributed by atoms with Crippen LogP contribution in [0.3, 0.4) is 0 Å². The first-order valence-electron chi connectivity index (χ1n) is 6.81. The van der Waals surface area contributed by atoms with Crippen LogP contribution < -0.4 is 10.1 Å². The van der Waals surface area contributed by atoms with Crippen molar-refractivity contribution in [3.05, 3.63) is 23.8 Å². The number of phenols is 1. The van der Waals surface area contributed by atoms with Crippen molar-refractivity contribution >= 4 is 0 Å².